The van der Waals surface area contributed by atoms with Crippen LogP contribution in [0.25, 0.3) is 0 Å². The first-order chi connectivity index (χ1) is 25.4. The summed E-state index contributed by atoms with van der Waals surface area (Å²) in [5.41, 5.74) is 0.841. The number of hydrogen-bond donors (Lipinski definition) is 3. The quantitative estimate of drug-likeness (QED) is 0.306. The van der Waals surface area contributed by atoms with E-state index in [0.717, 1.165) is 5.56 Å². The molecule has 3 N–H and O–H groups in total. The number of ether oxygens (including phenoxy) is 4. The average Bonchev–Trinajstić information content (AvgIpc) is 3.55. The first-order valence-corrected chi connectivity index (χ1v) is 19.3. The Kier molecular flexibility index (Phi) is 13.2. The second-order valence-electron chi connectivity index (χ2n) is 13.1. The van der Waals surface area contributed by atoms with E-state index in [2.05, 4.69) is 21.0 Å². The molecule has 0 aliphatic carbocycles. The Hall–Kier alpha value is -4.90. The molecule has 5 rings (SSSR count). The van der Waals surface area contributed by atoms with E-state index in [1.165, 1.54) is 21.1 Å². The van der Waals surface area contributed by atoms with Crippen LogP contribution in [0.5, 0.6) is 23.0 Å². The first kappa shape index (κ1) is 39.3. The van der Waals surface area contributed by atoms with E-state index >= 15 is 0 Å². The summed E-state index contributed by atoms with van der Waals surface area (Å²) >= 11 is 0. The Bertz CT molecular complexity index is 1880. The number of rotatable bonds is 8. The monoisotopic (exact) mass is 755 g/mol. The van der Waals surface area contributed by atoms with Crippen molar-refractivity contribution in [2.75, 3.05) is 47.1 Å². The maximum Gasteiger partial charge on any atom is 0.243 e. The minimum Gasteiger partial charge on any atom is -0.493 e. The van der Waals surface area contributed by atoms with E-state index in [1.54, 1.807) is 33.3 Å². The van der Waals surface area contributed by atoms with Gasteiger partial charge in [0, 0.05) is 38.5 Å². The number of hydrogen-bond acceptors (Lipinski definition) is 11. The Morgan fingerprint density at radius 2 is 1.68 bits per heavy atom. The van der Waals surface area contributed by atoms with Crippen LogP contribution < -0.4 is 34.9 Å². The molecule has 0 bridgehead atoms. The molecule has 0 saturated carbocycles. The molecule has 0 unspecified atom stereocenters. The molecule has 288 valence electrons. The number of carbonyl (C=O) groups is 3. The van der Waals surface area contributed by atoms with Crippen LogP contribution in [0.15, 0.2) is 41.3 Å². The van der Waals surface area contributed by atoms with Crippen LogP contribution in [0.4, 0.5) is 0 Å². The van der Waals surface area contributed by atoms with E-state index in [-0.39, 0.29) is 61.6 Å². The highest BCUT2D eigenvalue weighted by Crippen LogP contribution is 2.33. The summed E-state index contributed by atoms with van der Waals surface area (Å²) in [6, 6.07) is 8.41. The Labute approximate surface area is 309 Å². The number of aromatic nitrogens is 3. The zero-order chi connectivity index (χ0) is 38.1. The molecule has 53 heavy (non-hydrogen) atoms. The summed E-state index contributed by atoms with van der Waals surface area (Å²) < 4.78 is 52.5. The van der Waals surface area contributed by atoms with Gasteiger partial charge in [0.1, 0.15) is 31.6 Å². The molecule has 2 aromatic carbocycles. The minimum absolute atomic E-state index is 0.00645. The molecule has 16 nitrogen and oxygen atoms in total. The van der Waals surface area contributed by atoms with Crippen LogP contribution >= 0.6 is 0 Å². The van der Waals surface area contributed by atoms with Crippen LogP contribution in [0, 0.1) is 5.92 Å². The Morgan fingerprint density at radius 1 is 0.943 bits per heavy atom. The van der Waals surface area contributed by atoms with Gasteiger partial charge in [-0.3, -0.25) is 14.4 Å². The van der Waals surface area contributed by atoms with Crippen molar-refractivity contribution in [3.05, 3.63) is 53.6 Å². The lowest BCUT2D eigenvalue weighted by Crippen LogP contribution is -2.51. The third kappa shape index (κ3) is 9.75. The molecule has 0 fully saturated rings. The molecule has 2 aliphatic heterocycles. The zero-order valence-electron chi connectivity index (χ0n) is 30.8. The van der Waals surface area contributed by atoms with Crippen molar-refractivity contribution >= 4 is 27.7 Å². The number of amides is 3. The average molecular weight is 756 g/mol. The first-order valence-electron chi connectivity index (χ1n) is 17.8. The van der Waals surface area contributed by atoms with Crippen LogP contribution in [-0.2, 0) is 37.4 Å². The Morgan fingerprint density at radius 3 is 2.42 bits per heavy atom. The van der Waals surface area contributed by atoms with Gasteiger partial charge in [0.2, 0.25) is 27.7 Å². The molecule has 1 aromatic heterocycles. The highest BCUT2D eigenvalue weighted by molar-refractivity contribution is 7.89. The van der Waals surface area contributed by atoms with Crippen molar-refractivity contribution < 1.29 is 41.7 Å². The number of fused-ring (bicyclic) bond motifs is 2. The molecule has 3 atom stereocenters. The number of carbonyl (C=O) groups excluding carboxylic acids is 3. The fourth-order valence-electron chi connectivity index (χ4n) is 6.18. The number of nitrogens with zero attached hydrogens (tertiary/aromatic N) is 4. The van der Waals surface area contributed by atoms with Gasteiger partial charge >= 0.3 is 0 Å². The van der Waals surface area contributed by atoms with Crippen molar-refractivity contribution in [1.29, 1.82) is 0 Å². The SMILES string of the molecule is CC[C@H](C)[C@@H]1NC(=O)CCCN(S(=O)(=O)c2ccc3c(c2)OCCO3)CCCNC(=O)Cn2nc(Cc3ccc(OC)c(OC)c3)nc2[C@@H](C)NC1=O. The maximum absolute atomic E-state index is 13.9. The predicted octanol–water partition coefficient (Wildman–Crippen LogP) is 2.36. The molecule has 0 spiro atoms. The van der Waals surface area contributed by atoms with Crippen molar-refractivity contribution in [2.24, 2.45) is 5.92 Å². The molecule has 0 saturated heterocycles. The van der Waals surface area contributed by atoms with Crippen LogP contribution in [0.1, 0.15) is 69.7 Å². The second-order valence-corrected chi connectivity index (χ2v) is 15.0. The number of benzene rings is 2. The van der Waals surface area contributed by atoms with Gasteiger partial charge in [-0.15, -0.1) is 0 Å². The van der Waals surface area contributed by atoms with Gasteiger partial charge in [-0.2, -0.15) is 9.40 Å². The van der Waals surface area contributed by atoms with E-state index < -0.39 is 28.0 Å². The summed E-state index contributed by atoms with van der Waals surface area (Å²) in [5.74, 6) is 1.34. The molecular weight excluding hydrogens is 707 g/mol. The zero-order valence-corrected chi connectivity index (χ0v) is 31.7. The molecule has 2 aliphatic rings. The van der Waals surface area contributed by atoms with E-state index in [4.69, 9.17) is 23.9 Å². The standard InChI is InChI=1S/C36H49N7O9S/c1-6-23(2)34-36(46)38-24(3)35-39-31(20-25-10-12-27(49-4)29(19-25)50-5)41-43(35)22-33(45)37-14-8-16-42(15-7-9-32(44)40-34)53(47,48)26-11-13-28-30(21-26)52-18-17-51-28/h10-13,19,21,23-24,34H,6-9,14-18,20,22H2,1-5H3,(H,37,45)(H,38,46)(H,40,44)/t23-,24+,34-/m0/s1. The van der Waals surface area contributed by atoms with Crippen molar-refractivity contribution in [3.63, 3.8) is 0 Å². The fourth-order valence-corrected chi connectivity index (χ4v) is 7.71. The van der Waals surface area contributed by atoms with Gasteiger partial charge in [0.15, 0.2) is 28.8 Å². The molecule has 3 aromatic rings. The fraction of sp³-hybridized carbons (Fsp3) is 0.528. The lowest BCUT2D eigenvalue weighted by atomic mass is 9.97. The molecular formula is C36H49N7O9S. The van der Waals surface area contributed by atoms with Gasteiger partial charge in [-0.05, 0) is 55.5 Å². The van der Waals surface area contributed by atoms with Crippen molar-refractivity contribution in [1.82, 2.24) is 35.0 Å². The molecule has 3 heterocycles. The largest absolute Gasteiger partial charge is 0.493 e. The summed E-state index contributed by atoms with van der Waals surface area (Å²) in [5, 5.41) is 13.3. The normalized spacial score (nSPS) is 20.1. The summed E-state index contributed by atoms with van der Waals surface area (Å²) in [6.45, 7) is 6.33. The second kappa shape index (κ2) is 17.7. The van der Waals surface area contributed by atoms with Gasteiger partial charge in [0.05, 0.1) is 25.2 Å². The van der Waals surface area contributed by atoms with Gasteiger partial charge in [-0.25, -0.2) is 18.1 Å². The molecule has 17 heteroatoms. The number of nitrogens with one attached hydrogen (secondary N) is 3. The minimum atomic E-state index is -4.02. The van der Waals surface area contributed by atoms with Gasteiger partial charge in [0.25, 0.3) is 0 Å². The molecule has 0 radical (unpaired) electrons. The van der Waals surface area contributed by atoms with E-state index in [1.807, 2.05) is 26.0 Å². The summed E-state index contributed by atoms with van der Waals surface area (Å²) in [6.07, 6.45) is 1.42. The summed E-state index contributed by atoms with van der Waals surface area (Å²) in [7, 11) is -0.916. The van der Waals surface area contributed by atoms with E-state index in [9.17, 15) is 22.8 Å². The smallest absolute Gasteiger partial charge is 0.243 e. The predicted molar refractivity (Wildman–Crippen MR) is 193 cm³/mol. The van der Waals surface area contributed by atoms with Crippen molar-refractivity contribution in [2.45, 2.75) is 76.4 Å². The van der Waals surface area contributed by atoms with Gasteiger partial charge < -0.3 is 34.9 Å². The van der Waals surface area contributed by atoms with Crippen molar-refractivity contribution in [3.8, 4) is 23.0 Å². The lowest BCUT2D eigenvalue weighted by molar-refractivity contribution is -0.130. The topological polar surface area (TPSA) is 192 Å². The highest BCUT2D eigenvalue weighted by atomic mass is 32.2. The Balaban J connectivity index is 1.40. The summed E-state index contributed by atoms with van der Waals surface area (Å²) in [4.78, 5) is 45.0. The number of sulfonamides is 1. The van der Waals surface area contributed by atoms with E-state index in [0.29, 0.717) is 67.1 Å². The third-order valence-corrected chi connectivity index (χ3v) is 11.2. The third-order valence-electron chi connectivity index (χ3n) is 9.28. The lowest BCUT2D eigenvalue weighted by Gasteiger charge is -2.26. The highest BCUT2D eigenvalue weighted by Gasteiger charge is 2.30. The maximum atomic E-state index is 13.9. The van der Waals surface area contributed by atoms with Gasteiger partial charge in [-0.1, -0.05) is 26.3 Å². The van der Waals surface area contributed by atoms with Crippen LogP contribution in [0.2, 0.25) is 0 Å². The number of methoxy groups -OCH3 is 2. The molecule has 3 amide bonds. The van der Waals surface area contributed by atoms with Crippen LogP contribution in [0.3, 0.4) is 0 Å². The van der Waals surface area contributed by atoms with Crippen LogP contribution in [-0.4, -0.2) is 98.3 Å².